The zero-order valence-electron chi connectivity index (χ0n) is 9.89. The minimum absolute atomic E-state index is 0.301. The van der Waals surface area contributed by atoms with Gasteiger partial charge >= 0.3 is 5.97 Å². The predicted molar refractivity (Wildman–Crippen MR) is 60.4 cm³/mol. The third-order valence-corrected chi connectivity index (χ3v) is 1.62. The monoisotopic (exact) mass is 243 g/mol. The van der Waals surface area contributed by atoms with Crippen LogP contribution in [0, 0.1) is 0 Å². The average Bonchev–Trinajstić information content (AvgIpc) is 2.32. The molecule has 1 atom stereocenters. The van der Waals surface area contributed by atoms with Gasteiger partial charge in [0.1, 0.15) is 6.10 Å². The minimum Gasteiger partial charge on any atom is -0.457 e. The maximum absolute atomic E-state index is 10.8. The second-order valence-electron chi connectivity index (χ2n) is 3.11. The van der Waals surface area contributed by atoms with Crippen molar-refractivity contribution in [2.75, 3.05) is 33.0 Å². The number of esters is 1. The van der Waals surface area contributed by atoms with Crippen molar-refractivity contribution < 1.29 is 23.8 Å². The van der Waals surface area contributed by atoms with Gasteiger partial charge < -0.3 is 14.2 Å². The van der Waals surface area contributed by atoms with Crippen LogP contribution in [0.5, 0.6) is 0 Å². The standard InChI is InChI=1S/C11H17NO5/c1-3-11(14)17-10(2)8-16-7-6-15-5-4-12-9-13/h3,10H,1,4-8H2,2H3. The second kappa shape index (κ2) is 11.0. The Balaban J connectivity index is 3.29. The Bertz CT molecular complexity index is 273. The smallest absolute Gasteiger partial charge is 0.330 e. The Labute approximate surface area is 100 Å². The van der Waals surface area contributed by atoms with Crippen molar-refractivity contribution in [3.05, 3.63) is 12.7 Å². The Morgan fingerprint density at radius 1 is 1.41 bits per heavy atom. The molecule has 0 N–H and O–H groups in total. The minimum atomic E-state index is -0.468. The quantitative estimate of drug-likeness (QED) is 0.183. The molecule has 0 aliphatic rings. The second-order valence-corrected chi connectivity index (χ2v) is 3.11. The highest BCUT2D eigenvalue weighted by Gasteiger charge is 2.05. The van der Waals surface area contributed by atoms with Crippen LogP contribution < -0.4 is 0 Å². The van der Waals surface area contributed by atoms with Crippen molar-refractivity contribution in [2.45, 2.75) is 13.0 Å². The van der Waals surface area contributed by atoms with Crippen molar-refractivity contribution in [1.29, 1.82) is 0 Å². The summed E-state index contributed by atoms with van der Waals surface area (Å²) in [5.41, 5.74) is 0. The number of hydrogen-bond acceptors (Lipinski definition) is 6. The van der Waals surface area contributed by atoms with E-state index in [0.717, 1.165) is 6.08 Å². The summed E-state index contributed by atoms with van der Waals surface area (Å²) in [4.78, 5) is 23.8. The van der Waals surface area contributed by atoms with E-state index in [9.17, 15) is 9.59 Å². The van der Waals surface area contributed by atoms with Gasteiger partial charge in [0.05, 0.1) is 33.0 Å². The summed E-state index contributed by atoms with van der Waals surface area (Å²) in [6.45, 7) is 6.76. The molecule has 17 heavy (non-hydrogen) atoms. The van der Waals surface area contributed by atoms with E-state index in [2.05, 4.69) is 11.6 Å². The molecule has 1 unspecified atom stereocenters. The van der Waals surface area contributed by atoms with E-state index in [1.54, 1.807) is 6.92 Å². The molecule has 0 rings (SSSR count). The van der Waals surface area contributed by atoms with Gasteiger partial charge in [-0.1, -0.05) is 6.58 Å². The summed E-state index contributed by atoms with van der Waals surface area (Å²) in [5, 5.41) is 0. The molecule has 0 spiro atoms. The van der Waals surface area contributed by atoms with Gasteiger partial charge in [0.15, 0.2) is 0 Å². The van der Waals surface area contributed by atoms with Crippen LogP contribution in [0.1, 0.15) is 6.92 Å². The maximum Gasteiger partial charge on any atom is 0.330 e. The predicted octanol–water partition coefficient (Wildman–Crippen LogP) is 0.473. The Morgan fingerprint density at radius 3 is 2.76 bits per heavy atom. The molecule has 0 amide bonds. The third-order valence-electron chi connectivity index (χ3n) is 1.62. The Morgan fingerprint density at radius 2 is 2.12 bits per heavy atom. The molecule has 0 aromatic carbocycles. The van der Waals surface area contributed by atoms with Crippen LogP contribution in [-0.4, -0.2) is 51.1 Å². The van der Waals surface area contributed by atoms with Crippen LogP contribution >= 0.6 is 0 Å². The number of hydrogen-bond donors (Lipinski definition) is 0. The molecule has 0 heterocycles. The third kappa shape index (κ3) is 10.8. The van der Waals surface area contributed by atoms with E-state index in [0.29, 0.717) is 33.0 Å². The van der Waals surface area contributed by atoms with E-state index in [1.165, 1.54) is 6.08 Å². The molecule has 0 aliphatic heterocycles. The number of ether oxygens (including phenoxy) is 3. The maximum atomic E-state index is 10.8. The van der Waals surface area contributed by atoms with Gasteiger partial charge in [-0.25, -0.2) is 14.6 Å². The fourth-order valence-corrected chi connectivity index (χ4v) is 0.905. The van der Waals surface area contributed by atoms with Crippen molar-refractivity contribution in [3.63, 3.8) is 0 Å². The van der Waals surface area contributed by atoms with Gasteiger partial charge in [-0.3, -0.25) is 0 Å². The number of nitrogens with zero attached hydrogens (tertiary/aromatic N) is 1. The number of aliphatic imine (C=N–C) groups is 1. The molecular weight excluding hydrogens is 226 g/mol. The lowest BCUT2D eigenvalue weighted by molar-refractivity contribution is -0.145. The molecule has 0 aliphatic carbocycles. The fourth-order valence-electron chi connectivity index (χ4n) is 0.905. The lowest BCUT2D eigenvalue weighted by Crippen LogP contribution is -2.20. The molecule has 0 saturated heterocycles. The lowest BCUT2D eigenvalue weighted by atomic mass is 10.4. The highest BCUT2D eigenvalue weighted by molar-refractivity contribution is 5.81. The first-order chi connectivity index (χ1) is 8.20. The van der Waals surface area contributed by atoms with Crippen molar-refractivity contribution >= 4 is 12.0 Å². The Kier molecular flexibility index (Phi) is 10.0. The van der Waals surface area contributed by atoms with Crippen molar-refractivity contribution in [3.8, 4) is 0 Å². The van der Waals surface area contributed by atoms with Crippen LogP contribution in [0.2, 0.25) is 0 Å². The summed E-state index contributed by atoms with van der Waals surface area (Å²) in [6, 6.07) is 0. The highest BCUT2D eigenvalue weighted by atomic mass is 16.6. The van der Waals surface area contributed by atoms with E-state index in [4.69, 9.17) is 14.2 Å². The largest absolute Gasteiger partial charge is 0.457 e. The summed E-state index contributed by atoms with van der Waals surface area (Å²) in [5.74, 6) is -0.468. The first-order valence-corrected chi connectivity index (χ1v) is 5.23. The summed E-state index contributed by atoms with van der Waals surface area (Å²) < 4.78 is 15.2. The van der Waals surface area contributed by atoms with Crippen LogP contribution in [0.4, 0.5) is 0 Å². The van der Waals surface area contributed by atoms with Crippen LogP contribution in [0.15, 0.2) is 17.6 Å². The van der Waals surface area contributed by atoms with Gasteiger partial charge in [-0.05, 0) is 6.92 Å². The number of carbonyl (C=O) groups excluding carboxylic acids is 2. The number of rotatable bonds is 10. The molecule has 0 fully saturated rings. The molecule has 0 saturated carbocycles. The van der Waals surface area contributed by atoms with Crippen LogP contribution in [0.25, 0.3) is 0 Å². The number of carbonyl (C=O) groups is 1. The normalized spacial score (nSPS) is 11.4. The van der Waals surface area contributed by atoms with Crippen molar-refractivity contribution in [1.82, 2.24) is 0 Å². The summed E-state index contributed by atoms with van der Waals surface area (Å²) >= 11 is 0. The summed E-state index contributed by atoms with van der Waals surface area (Å²) in [6.07, 6.45) is 2.20. The molecule has 96 valence electrons. The van der Waals surface area contributed by atoms with Crippen molar-refractivity contribution in [2.24, 2.45) is 4.99 Å². The number of isocyanates is 1. The van der Waals surface area contributed by atoms with E-state index in [1.807, 2.05) is 0 Å². The molecule has 0 radical (unpaired) electrons. The zero-order valence-corrected chi connectivity index (χ0v) is 9.89. The fraction of sp³-hybridized carbons (Fsp3) is 0.636. The van der Waals surface area contributed by atoms with Gasteiger partial charge in [0.25, 0.3) is 0 Å². The van der Waals surface area contributed by atoms with Gasteiger partial charge in [0.2, 0.25) is 6.08 Å². The van der Waals surface area contributed by atoms with Gasteiger partial charge in [-0.2, -0.15) is 0 Å². The highest BCUT2D eigenvalue weighted by Crippen LogP contribution is 1.93. The molecule has 0 bridgehead atoms. The average molecular weight is 243 g/mol. The van der Waals surface area contributed by atoms with E-state index >= 15 is 0 Å². The van der Waals surface area contributed by atoms with Crippen LogP contribution in [0.3, 0.4) is 0 Å². The SMILES string of the molecule is C=CC(=O)OC(C)COCCOCCN=C=O. The molecular formula is C11H17NO5. The zero-order chi connectivity index (χ0) is 12.9. The molecule has 0 aromatic rings. The topological polar surface area (TPSA) is 74.2 Å². The first kappa shape index (κ1) is 15.5. The van der Waals surface area contributed by atoms with Gasteiger partial charge in [0, 0.05) is 6.08 Å². The molecule has 6 nitrogen and oxygen atoms in total. The first-order valence-electron chi connectivity index (χ1n) is 5.23. The summed E-state index contributed by atoms with van der Waals surface area (Å²) in [7, 11) is 0. The lowest BCUT2D eigenvalue weighted by Gasteiger charge is -2.12. The van der Waals surface area contributed by atoms with Gasteiger partial charge in [-0.15, -0.1) is 0 Å². The van der Waals surface area contributed by atoms with E-state index < -0.39 is 5.97 Å². The molecule has 6 heteroatoms. The van der Waals surface area contributed by atoms with Crippen LogP contribution in [-0.2, 0) is 23.8 Å². The Hall–Kier alpha value is -1.49. The molecule has 0 aromatic heterocycles. The van der Waals surface area contributed by atoms with E-state index in [-0.39, 0.29) is 6.10 Å².